The fourth-order valence-electron chi connectivity index (χ4n) is 2.98. The number of nitrogens with zero attached hydrogens (tertiary/aromatic N) is 1. The molecule has 3 N–H and O–H groups in total. The SMILES string of the molecule is CC[NH+](CC(=O)NCc1cccs1)CC(=O)NC1(C#N)CCCC1. The highest BCUT2D eigenvalue weighted by atomic mass is 32.1. The van der Waals surface area contributed by atoms with Gasteiger partial charge in [0.1, 0.15) is 5.54 Å². The molecule has 0 spiro atoms. The van der Waals surface area contributed by atoms with Crippen LogP contribution >= 0.6 is 11.3 Å². The van der Waals surface area contributed by atoms with Crippen LogP contribution in [0.2, 0.25) is 0 Å². The molecule has 7 heteroatoms. The summed E-state index contributed by atoms with van der Waals surface area (Å²) in [5.74, 6) is -0.217. The quantitative estimate of drug-likeness (QED) is 0.628. The van der Waals surface area contributed by atoms with Crippen LogP contribution in [0, 0.1) is 11.3 Å². The lowest BCUT2D eigenvalue weighted by atomic mass is 10.00. The van der Waals surface area contributed by atoms with Crippen molar-refractivity contribution in [3.63, 3.8) is 0 Å². The molecule has 1 aliphatic rings. The summed E-state index contributed by atoms with van der Waals surface area (Å²) >= 11 is 1.60. The Balaban J connectivity index is 1.77. The first kappa shape index (κ1) is 18.4. The Kier molecular flexibility index (Phi) is 6.76. The highest BCUT2D eigenvalue weighted by Crippen LogP contribution is 2.28. The van der Waals surface area contributed by atoms with Gasteiger partial charge in [-0.25, -0.2) is 0 Å². The van der Waals surface area contributed by atoms with Crippen molar-refractivity contribution >= 4 is 23.2 Å². The van der Waals surface area contributed by atoms with Crippen molar-refractivity contribution in [3.05, 3.63) is 22.4 Å². The van der Waals surface area contributed by atoms with Gasteiger partial charge in [0.2, 0.25) is 0 Å². The van der Waals surface area contributed by atoms with Crippen LogP contribution in [-0.2, 0) is 16.1 Å². The highest BCUT2D eigenvalue weighted by molar-refractivity contribution is 7.09. The van der Waals surface area contributed by atoms with Crippen molar-refractivity contribution in [1.29, 1.82) is 5.26 Å². The van der Waals surface area contributed by atoms with Gasteiger partial charge < -0.3 is 15.5 Å². The lowest BCUT2D eigenvalue weighted by molar-refractivity contribution is -0.881. The van der Waals surface area contributed by atoms with Gasteiger partial charge in [-0.15, -0.1) is 11.3 Å². The predicted octanol–water partition coefficient (Wildman–Crippen LogP) is 0.222. The monoisotopic (exact) mass is 349 g/mol. The van der Waals surface area contributed by atoms with Gasteiger partial charge >= 0.3 is 0 Å². The molecule has 2 amide bonds. The van der Waals surface area contributed by atoms with Crippen LogP contribution in [0.3, 0.4) is 0 Å². The molecule has 0 saturated heterocycles. The molecule has 0 aromatic carbocycles. The van der Waals surface area contributed by atoms with Crippen molar-refractivity contribution in [2.45, 2.75) is 44.7 Å². The highest BCUT2D eigenvalue weighted by Gasteiger charge is 2.36. The number of thiophene rings is 1. The van der Waals surface area contributed by atoms with Crippen LogP contribution in [0.1, 0.15) is 37.5 Å². The van der Waals surface area contributed by atoms with Crippen molar-refractivity contribution in [2.24, 2.45) is 0 Å². The Morgan fingerprint density at radius 1 is 1.33 bits per heavy atom. The topological polar surface area (TPSA) is 86.4 Å². The largest absolute Gasteiger partial charge is 0.346 e. The van der Waals surface area contributed by atoms with Crippen LogP contribution in [-0.4, -0.2) is 37.0 Å². The van der Waals surface area contributed by atoms with E-state index in [9.17, 15) is 14.9 Å². The summed E-state index contributed by atoms with van der Waals surface area (Å²) in [5, 5.41) is 17.1. The maximum Gasteiger partial charge on any atom is 0.276 e. The van der Waals surface area contributed by atoms with Gasteiger partial charge in [-0.05, 0) is 44.1 Å². The molecule has 1 heterocycles. The third kappa shape index (κ3) is 5.32. The van der Waals surface area contributed by atoms with Gasteiger partial charge in [-0.2, -0.15) is 5.26 Å². The molecule has 0 aliphatic heterocycles. The van der Waals surface area contributed by atoms with Crippen LogP contribution in [0.5, 0.6) is 0 Å². The van der Waals surface area contributed by atoms with E-state index in [2.05, 4.69) is 16.7 Å². The molecule has 0 bridgehead atoms. The Morgan fingerprint density at radius 3 is 2.62 bits per heavy atom. The van der Waals surface area contributed by atoms with Gasteiger partial charge in [0.05, 0.1) is 19.2 Å². The number of hydrogen-bond acceptors (Lipinski definition) is 4. The zero-order valence-electron chi connectivity index (χ0n) is 14.1. The number of amides is 2. The minimum Gasteiger partial charge on any atom is -0.346 e. The number of nitrogens with one attached hydrogen (secondary N) is 3. The Hall–Kier alpha value is -1.91. The molecule has 6 nitrogen and oxygen atoms in total. The van der Waals surface area contributed by atoms with E-state index < -0.39 is 5.54 Å². The summed E-state index contributed by atoms with van der Waals surface area (Å²) in [6.45, 7) is 3.63. The second kappa shape index (κ2) is 8.81. The molecule has 1 atom stereocenters. The van der Waals surface area contributed by atoms with E-state index >= 15 is 0 Å². The van der Waals surface area contributed by atoms with E-state index in [4.69, 9.17) is 0 Å². The van der Waals surface area contributed by atoms with Crippen molar-refractivity contribution in [3.8, 4) is 6.07 Å². The van der Waals surface area contributed by atoms with Crippen molar-refractivity contribution in [2.75, 3.05) is 19.6 Å². The van der Waals surface area contributed by atoms with E-state index in [-0.39, 0.29) is 24.9 Å². The first-order valence-electron chi connectivity index (χ1n) is 8.42. The smallest absolute Gasteiger partial charge is 0.276 e. The number of hydrogen-bond donors (Lipinski definition) is 3. The number of rotatable bonds is 8. The van der Waals surface area contributed by atoms with Crippen LogP contribution in [0.4, 0.5) is 0 Å². The molecular formula is C17H25N4O2S+. The van der Waals surface area contributed by atoms with Crippen molar-refractivity contribution in [1.82, 2.24) is 10.6 Å². The van der Waals surface area contributed by atoms with E-state index in [1.54, 1.807) is 11.3 Å². The van der Waals surface area contributed by atoms with Gasteiger partial charge in [-0.1, -0.05) is 6.07 Å². The summed E-state index contributed by atoms with van der Waals surface area (Å²) < 4.78 is 0. The molecule has 0 radical (unpaired) electrons. The molecule has 1 aromatic rings. The molecular weight excluding hydrogens is 324 g/mol. The Labute approximate surface area is 146 Å². The zero-order valence-corrected chi connectivity index (χ0v) is 14.9. The number of carbonyl (C=O) groups excluding carboxylic acids is 2. The minimum absolute atomic E-state index is 0.0658. The second-order valence-corrected chi connectivity index (χ2v) is 7.29. The lowest BCUT2D eigenvalue weighted by Crippen LogP contribution is -3.14. The van der Waals surface area contributed by atoms with Gasteiger partial charge in [0.25, 0.3) is 11.8 Å². The predicted molar refractivity (Wildman–Crippen MR) is 92.4 cm³/mol. The third-order valence-corrected chi connectivity index (χ3v) is 5.29. The lowest BCUT2D eigenvalue weighted by Gasteiger charge is -2.23. The molecule has 2 rings (SSSR count). The van der Waals surface area contributed by atoms with E-state index in [0.717, 1.165) is 35.5 Å². The number of quaternary nitrogens is 1. The molecule has 1 unspecified atom stereocenters. The van der Waals surface area contributed by atoms with E-state index in [0.29, 0.717) is 13.1 Å². The summed E-state index contributed by atoms with van der Waals surface area (Å²) in [7, 11) is 0. The fraction of sp³-hybridized carbons (Fsp3) is 0.588. The first-order valence-corrected chi connectivity index (χ1v) is 9.30. The summed E-state index contributed by atoms with van der Waals surface area (Å²) in [6, 6.07) is 6.19. The average Bonchev–Trinajstić information content (AvgIpc) is 3.24. The second-order valence-electron chi connectivity index (χ2n) is 6.26. The minimum atomic E-state index is -0.697. The summed E-state index contributed by atoms with van der Waals surface area (Å²) in [4.78, 5) is 26.3. The molecule has 1 fully saturated rings. The van der Waals surface area contributed by atoms with Crippen LogP contribution in [0.25, 0.3) is 0 Å². The van der Waals surface area contributed by atoms with Gasteiger partial charge in [-0.3, -0.25) is 9.59 Å². The molecule has 130 valence electrons. The first-order chi connectivity index (χ1) is 11.6. The van der Waals surface area contributed by atoms with Gasteiger partial charge in [0.15, 0.2) is 13.1 Å². The molecule has 1 aliphatic carbocycles. The normalized spacial score (nSPS) is 17.0. The van der Waals surface area contributed by atoms with E-state index in [1.807, 2.05) is 24.4 Å². The van der Waals surface area contributed by atoms with Crippen LogP contribution in [0.15, 0.2) is 17.5 Å². The maximum absolute atomic E-state index is 12.2. The number of likely N-dealkylation sites (N-methyl/N-ethyl adjacent to an activating group) is 1. The standard InChI is InChI=1S/C17H24N4O2S/c1-2-21(11-15(22)19-10-14-6-5-9-24-14)12-16(23)20-17(13-18)7-3-4-8-17/h5-6,9H,2-4,7-8,10-12H2,1H3,(H,19,22)(H,20,23)/p+1. The summed E-state index contributed by atoms with van der Waals surface area (Å²) in [6.07, 6.45) is 3.39. The maximum atomic E-state index is 12.2. The van der Waals surface area contributed by atoms with Crippen LogP contribution < -0.4 is 15.5 Å². The number of nitriles is 1. The van der Waals surface area contributed by atoms with Gasteiger partial charge in [0, 0.05) is 4.88 Å². The molecule has 1 saturated carbocycles. The van der Waals surface area contributed by atoms with Crippen molar-refractivity contribution < 1.29 is 14.5 Å². The Bertz CT molecular complexity index is 588. The van der Waals surface area contributed by atoms with E-state index in [1.165, 1.54) is 0 Å². The fourth-order valence-corrected chi connectivity index (χ4v) is 3.63. The number of carbonyl (C=O) groups is 2. The summed E-state index contributed by atoms with van der Waals surface area (Å²) in [5.41, 5.74) is -0.697. The molecule has 24 heavy (non-hydrogen) atoms. The average molecular weight is 349 g/mol. The zero-order chi connectivity index (χ0) is 17.4. The third-order valence-electron chi connectivity index (χ3n) is 4.41. The Morgan fingerprint density at radius 2 is 2.04 bits per heavy atom. The molecule has 1 aromatic heterocycles.